The average molecular weight is 368 g/mol. The van der Waals surface area contributed by atoms with Crippen molar-refractivity contribution >= 4 is 6.09 Å². The predicted molar refractivity (Wildman–Crippen MR) is 106 cm³/mol. The normalized spacial score (nSPS) is 30.2. The molecule has 2 aliphatic rings. The summed E-state index contributed by atoms with van der Waals surface area (Å²) in [5, 5.41) is 12.2. The van der Waals surface area contributed by atoms with E-state index in [4.69, 9.17) is 9.84 Å². The SMILES string of the molecule is CC(C)C1CCCC(CC2CCCC(NC(=O)OC(C)(C)CCO)C2)C1. The summed E-state index contributed by atoms with van der Waals surface area (Å²) in [5.41, 5.74) is -0.610. The van der Waals surface area contributed by atoms with Crippen LogP contribution in [-0.2, 0) is 4.74 Å². The Morgan fingerprint density at radius 2 is 1.77 bits per heavy atom. The first kappa shape index (κ1) is 21.5. The fraction of sp³-hybridized carbons (Fsp3) is 0.955. The Morgan fingerprint density at radius 1 is 1.12 bits per heavy atom. The van der Waals surface area contributed by atoms with Crippen LogP contribution in [0.4, 0.5) is 4.79 Å². The monoisotopic (exact) mass is 367 g/mol. The predicted octanol–water partition coefficient (Wildman–Crippen LogP) is 5.28. The first-order valence-corrected chi connectivity index (χ1v) is 10.9. The summed E-state index contributed by atoms with van der Waals surface area (Å²) < 4.78 is 5.50. The molecule has 0 aliphatic heterocycles. The Labute approximate surface area is 160 Å². The largest absolute Gasteiger partial charge is 0.443 e. The number of hydrogen-bond acceptors (Lipinski definition) is 3. The van der Waals surface area contributed by atoms with Gasteiger partial charge in [-0.15, -0.1) is 0 Å². The Balaban J connectivity index is 1.77. The molecule has 0 radical (unpaired) electrons. The zero-order valence-corrected chi connectivity index (χ0v) is 17.4. The number of amides is 1. The number of carbonyl (C=O) groups excluding carboxylic acids is 1. The Bertz CT molecular complexity index is 435. The Hall–Kier alpha value is -0.770. The first-order chi connectivity index (χ1) is 12.3. The lowest BCUT2D eigenvalue weighted by Crippen LogP contribution is -2.42. The van der Waals surface area contributed by atoms with Crippen LogP contribution in [0.25, 0.3) is 0 Å². The molecular formula is C22H41NO3. The zero-order valence-electron chi connectivity index (χ0n) is 17.4. The van der Waals surface area contributed by atoms with Gasteiger partial charge in [-0.1, -0.05) is 46.0 Å². The van der Waals surface area contributed by atoms with Crippen molar-refractivity contribution in [2.24, 2.45) is 23.7 Å². The van der Waals surface area contributed by atoms with E-state index in [-0.39, 0.29) is 18.7 Å². The van der Waals surface area contributed by atoms with Gasteiger partial charge in [-0.25, -0.2) is 4.79 Å². The van der Waals surface area contributed by atoms with E-state index in [1.165, 1.54) is 44.9 Å². The van der Waals surface area contributed by atoms with E-state index in [0.717, 1.165) is 36.5 Å². The average Bonchev–Trinajstić information content (AvgIpc) is 2.54. The summed E-state index contributed by atoms with van der Waals surface area (Å²) in [5.74, 6) is 3.36. The van der Waals surface area contributed by atoms with Gasteiger partial charge in [0.05, 0.1) is 0 Å². The number of alkyl carbamates (subject to hydrolysis) is 1. The molecule has 2 fully saturated rings. The van der Waals surface area contributed by atoms with Crippen LogP contribution in [0.5, 0.6) is 0 Å². The molecule has 0 heterocycles. The second-order valence-electron chi connectivity index (χ2n) is 9.77. The number of aliphatic hydroxyl groups is 1. The highest BCUT2D eigenvalue weighted by atomic mass is 16.6. The number of aliphatic hydroxyl groups excluding tert-OH is 1. The summed E-state index contributed by atoms with van der Waals surface area (Å²) in [7, 11) is 0. The number of rotatable bonds is 7. The third kappa shape index (κ3) is 7.09. The molecule has 0 spiro atoms. The van der Waals surface area contributed by atoms with Crippen molar-refractivity contribution in [3.8, 4) is 0 Å². The highest BCUT2D eigenvalue weighted by Crippen LogP contribution is 2.39. The molecule has 0 aromatic carbocycles. The lowest BCUT2D eigenvalue weighted by Gasteiger charge is -2.36. The molecule has 0 aromatic rings. The molecule has 4 unspecified atom stereocenters. The van der Waals surface area contributed by atoms with Gasteiger partial charge in [0.2, 0.25) is 0 Å². The summed E-state index contributed by atoms with van der Waals surface area (Å²) in [6.45, 7) is 8.47. The quantitative estimate of drug-likeness (QED) is 0.643. The molecule has 26 heavy (non-hydrogen) atoms. The summed E-state index contributed by atoms with van der Waals surface area (Å²) in [6, 6.07) is 0.246. The summed E-state index contributed by atoms with van der Waals surface area (Å²) in [4.78, 5) is 12.2. The minimum atomic E-state index is -0.610. The zero-order chi connectivity index (χ0) is 19.2. The van der Waals surface area contributed by atoms with Gasteiger partial charge >= 0.3 is 6.09 Å². The molecule has 4 nitrogen and oxygen atoms in total. The van der Waals surface area contributed by atoms with Crippen LogP contribution < -0.4 is 5.32 Å². The van der Waals surface area contributed by atoms with Crippen molar-refractivity contribution < 1.29 is 14.6 Å². The van der Waals surface area contributed by atoms with Crippen LogP contribution >= 0.6 is 0 Å². The standard InChI is InChI=1S/C22H41NO3/c1-16(2)19-9-5-7-17(14-19)13-18-8-6-10-20(15-18)23-21(25)26-22(3,4)11-12-24/h16-20,24H,5-15H2,1-4H3,(H,23,25). The molecule has 2 N–H and O–H groups in total. The van der Waals surface area contributed by atoms with Gasteiger partial charge < -0.3 is 15.2 Å². The topological polar surface area (TPSA) is 58.6 Å². The minimum Gasteiger partial charge on any atom is -0.443 e. The fourth-order valence-electron chi connectivity index (χ4n) is 5.03. The molecule has 152 valence electrons. The van der Waals surface area contributed by atoms with Gasteiger partial charge in [-0.3, -0.25) is 0 Å². The molecule has 1 amide bonds. The maximum Gasteiger partial charge on any atom is 0.407 e. The minimum absolute atomic E-state index is 0.0323. The van der Waals surface area contributed by atoms with Crippen LogP contribution in [0.2, 0.25) is 0 Å². The highest BCUT2D eigenvalue weighted by molar-refractivity contribution is 5.68. The Morgan fingerprint density at radius 3 is 2.42 bits per heavy atom. The van der Waals surface area contributed by atoms with Crippen LogP contribution in [0.1, 0.15) is 91.9 Å². The van der Waals surface area contributed by atoms with Crippen LogP contribution in [0, 0.1) is 23.7 Å². The van der Waals surface area contributed by atoms with E-state index >= 15 is 0 Å². The van der Waals surface area contributed by atoms with E-state index in [2.05, 4.69) is 19.2 Å². The van der Waals surface area contributed by atoms with Gasteiger partial charge in [0.25, 0.3) is 0 Å². The van der Waals surface area contributed by atoms with E-state index in [0.29, 0.717) is 6.42 Å². The van der Waals surface area contributed by atoms with Crippen molar-refractivity contribution in [1.29, 1.82) is 0 Å². The van der Waals surface area contributed by atoms with E-state index in [9.17, 15) is 4.79 Å². The number of hydrogen-bond donors (Lipinski definition) is 2. The number of ether oxygens (including phenoxy) is 1. The van der Waals surface area contributed by atoms with Crippen molar-refractivity contribution in [2.45, 2.75) is 104 Å². The lowest BCUT2D eigenvalue weighted by molar-refractivity contribution is 0.0179. The van der Waals surface area contributed by atoms with Crippen molar-refractivity contribution in [1.82, 2.24) is 5.32 Å². The molecule has 2 rings (SSSR count). The van der Waals surface area contributed by atoms with Crippen LogP contribution in [0.3, 0.4) is 0 Å². The van der Waals surface area contributed by atoms with Crippen molar-refractivity contribution in [3.05, 3.63) is 0 Å². The lowest BCUT2D eigenvalue weighted by atomic mass is 9.71. The maximum absolute atomic E-state index is 12.2. The van der Waals surface area contributed by atoms with Crippen LogP contribution in [0.15, 0.2) is 0 Å². The summed E-state index contributed by atoms with van der Waals surface area (Å²) >= 11 is 0. The molecule has 2 saturated carbocycles. The van der Waals surface area contributed by atoms with Gasteiger partial charge in [-0.2, -0.15) is 0 Å². The van der Waals surface area contributed by atoms with Gasteiger partial charge in [0.15, 0.2) is 0 Å². The molecule has 2 aliphatic carbocycles. The second-order valence-corrected chi connectivity index (χ2v) is 9.77. The molecule has 4 atom stereocenters. The molecule has 0 bridgehead atoms. The van der Waals surface area contributed by atoms with Gasteiger partial charge in [0, 0.05) is 19.1 Å². The molecule has 4 heteroatoms. The van der Waals surface area contributed by atoms with Crippen molar-refractivity contribution in [2.75, 3.05) is 6.61 Å². The molecule has 0 aromatic heterocycles. The fourth-order valence-corrected chi connectivity index (χ4v) is 5.03. The van der Waals surface area contributed by atoms with Gasteiger partial charge in [-0.05, 0) is 63.2 Å². The third-order valence-corrected chi connectivity index (χ3v) is 6.62. The highest BCUT2D eigenvalue weighted by Gasteiger charge is 2.30. The maximum atomic E-state index is 12.2. The molecular weight excluding hydrogens is 326 g/mol. The Kier molecular flexibility index (Phi) is 8.25. The number of carbonyl (C=O) groups is 1. The van der Waals surface area contributed by atoms with Crippen molar-refractivity contribution in [3.63, 3.8) is 0 Å². The first-order valence-electron chi connectivity index (χ1n) is 10.9. The smallest absolute Gasteiger partial charge is 0.407 e. The third-order valence-electron chi connectivity index (χ3n) is 6.62. The number of nitrogens with one attached hydrogen (secondary N) is 1. The second kappa shape index (κ2) is 9.96. The molecule has 0 saturated heterocycles. The van der Waals surface area contributed by atoms with E-state index in [1.807, 2.05) is 13.8 Å². The summed E-state index contributed by atoms with van der Waals surface area (Å²) in [6.07, 6.45) is 11.8. The van der Waals surface area contributed by atoms with Crippen LogP contribution in [-0.4, -0.2) is 29.4 Å². The van der Waals surface area contributed by atoms with E-state index in [1.54, 1.807) is 0 Å². The van der Waals surface area contributed by atoms with E-state index < -0.39 is 5.60 Å². The van der Waals surface area contributed by atoms with Gasteiger partial charge in [0.1, 0.15) is 5.60 Å².